The summed E-state index contributed by atoms with van der Waals surface area (Å²) < 4.78 is 7.10. The normalized spacial score (nSPS) is 13.8. The molecule has 0 radical (unpaired) electrons. The van der Waals surface area contributed by atoms with Crippen molar-refractivity contribution in [2.45, 2.75) is 39.7 Å². The number of hydrogen-bond donors (Lipinski definition) is 0. The third kappa shape index (κ3) is 5.74. The summed E-state index contributed by atoms with van der Waals surface area (Å²) in [6, 6.07) is 21.7. The van der Waals surface area contributed by atoms with Crippen molar-refractivity contribution < 1.29 is 9.53 Å². The van der Waals surface area contributed by atoms with Gasteiger partial charge in [-0.1, -0.05) is 77.0 Å². The van der Waals surface area contributed by atoms with Gasteiger partial charge < -0.3 is 4.74 Å². The van der Waals surface area contributed by atoms with Gasteiger partial charge in [-0.2, -0.15) is 0 Å². The van der Waals surface area contributed by atoms with Crippen molar-refractivity contribution in [3.05, 3.63) is 107 Å². The topological polar surface area (TPSA) is 26.3 Å². The molecule has 0 aliphatic heterocycles. The molecule has 3 rings (SSSR count). The minimum absolute atomic E-state index is 0.332. The fraction of sp³-hybridized carbons (Fsp3) is 0.250. The van der Waals surface area contributed by atoms with E-state index in [1.807, 2.05) is 30.3 Å². The zero-order valence-corrected chi connectivity index (χ0v) is 20.0. The van der Waals surface area contributed by atoms with Crippen molar-refractivity contribution in [2.75, 3.05) is 0 Å². The lowest BCUT2D eigenvalue weighted by Crippen LogP contribution is -2.28. The van der Waals surface area contributed by atoms with Gasteiger partial charge in [0.05, 0.1) is 5.56 Å². The van der Waals surface area contributed by atoms with Crippen LogP contribution in [-0.4, -0.2) is 5.97 Å². The Morgan fingerprint density at radius 1 is 1.06 bits per heavy atom. The highest BCUT2D eigenvalue weighted by Gasteiger charge is 2.35. The van der Waals surface area contributed by atoms with Crippen LogP contribution in [0.25, 0.3) is 10.8 Å². The standard InChI is InChI=1S/C28H29BrO2/c1-5-28(4,18-8-9-20(2)3)26(31-27(30)22-14-16-25(29)17-15-22)24-13-12-21-10-6-7-11-23(21)19-24/h5-7,9-17,19,26H,1,8,18H2,2-4H3/t26-,28-/m1/s1. The minimum Gasteiger partial charge on any atom is -0.453 e. The predicted octanol–water partition coefficient (Wildman–Crippen LogP) is 8.44. The first kappa shape index (κ1) is 23.0. The van der Waals surface area contributed by atoms with Crippen LogP contribution < -0.4 is 0 Å². The molecule has 3 aromatic carbocycles. The van der Waals surface area contributed by atoms with Crippen LogP contribution in [0.4, 0.5) is 0 Å². The molecule has 160 valence electrons. The zero-order valence-electron chi connectivity index (χ0n) is 18.4. The first-order chi connectivity index (χ1) is 14.8. The molecule has 31 heavy (non-hydrogen) atoms. The van der Waals surface area contributed by atoms with Crippen molar-refractivity contribution in [3.8, 4) is 0 Å². The Morgan fingerprint density at radius 3 is 2.39 bits per heavy atom. The maximum absolute atomic E-state index is 13.1. The van der Waals surface area contributed by atoms with Gasteiger partial charge in [0, 0.05) is 9.89 Å². The number of benzene rings is 3. The predicted molar refractivity (Wildman–Crippen MR) is 133 cm³/mol. The number of esters is 1. The molecular formula is C28H29BrO2. The third-order valence-electron chi connectivity index (χ3n) is 5.68. The summed E-state index contributed by atoms with van der Waals surface area (Å²) in [4.78, 5) is 13.1. The summed E-state index contributed by atoms with van der Waals surface area (Å²) in [6.07, 6.45) is 5.42. The molecule has 2 atom stereocenters. The Kier molecular flexibility index (Phi) is 7.50. The van der Waals surface area contributed by atoms with Crippen molar-refractivity contribution in [1.82, 2.24) is 0 Å². The Morgan fingerprint density at radius 2 is 1.74 bits per heavy atom. The number of carbonyl (C=O) groups excluding carboxylic acids is 1. The number of carbonyl (C=O) groups is 1. The summed E-state index contributed by atoms with van der Waals surface area (Å²) in [6.45, 7) is 10.4. The summed E-state index contributed by atoms with van der Waals surface area (Å²) in [5.74, 6) is -0.332. The maximum Gasteiger partial charge on any atom is 0.338 e. The van der Waals surface area contributed by atoms with Gasteiger partial charge >= 0.3 is 5.97 Å². The van der Waals surface area contributed by atoms with Crippen LogP contribution in [0.15, 0.2) is 95.5 Å². The second-order valence-electron chi connectivity index (χ2n) is 8.43. The van der Waals surface area contributed by atoms with E-state index < -0.39 is 11.5 Å². The monoisotopic (exact) mass is 476 g/mol. The molecule has 0 aromatic heterocycles. The molecule has 3 aromatic rings. The lowest BCUT2D eigenvalue weighted by atomic mass is 9.76. The van der Waals surface area contributed by atoms with Gasteiger partial charge in [0.1, 0.15) is 6.10 Å². The minimum atomic E-state index is -0.448. The van der Waals surface area contributed by atoms with Gasteiger partial charge in [0.15, 0.2) is 0 Å². The highest BCUT2D eigenvalue weighted by molar-refractivity contribution is 9.10. The van der Waals surface area contributed by atoms with Crippen molar-refractivity contribution in [2.24, 2.45) is 5.41 Å². The second-order valence-corrected chi connectivity index (χ2v) is 9.34. The lowest BCUT2D eigenvalue weighted by Gasteiger charge is -2.35. The fourth-order valence-electron chi connectivity index (χ4n) is 3.73. The molecule has 0 aliphatic rings. The number of ether oxygens (including phenoxy) is 1. The van der Waals surface area contributed by atoms with Gasteiger partial charge in [-0.05, 0) is 73.4 Å². The molecule has 0 amide bonds. The number of rotatable bonds is 8. The average molecular weight is 477 g/mol. The van der Waals surface area contributed by atoms with Crippen LogP contribution in [0.3, 0.4) is 0 Å². The number of fused-ring (bicyclic) bond motifs is 1. The van der Waals surface area contributed by atoms with Crippen LogP contribution in [-0.2, 0) is 4.74 Å². The third-order valence-corrected chi connectivity index (χ3v) is 6.21. The van der Waals surface area contributed by atoms with Crippen molar-refractivity contribution in [3.63, 3.8) is 0 Å². The number of allylic oxidation sites excluding steroid dienone is 2. The van der Waals surface area contributed by atoms with Crippen LogP contribution in [0, 0.1) is 5.41 Å². The highest BCUT2D eigenvalue weighted by Crippen LogP contribution is 2.43. The molecule has 0 saturated carbocycles. The Hall–Kier alpha value is -2.65. The highest BCUT2D eigenvalue weighted by atomic mass is 79.9. The van der Waals surface area contributed by atoms with E-state index >= 15 is 0 Å². The number of halogens is 1. The van der Waals surface area contributed by atoms with E-state index in [4.69, 9.17) is 4.74 Å². The van der Waals surface area contributed by atoms with Crippen LogP contribution in [0.2, 0.25) is 0 Å². The van der Waals surface area contributed by atoms with Gasteiger partial charge in [0.2, 0.25) is 0 Å². The smallest absolute Gasteiger partial charge is 0.338 e. The zero-order chi connectivity index (χ0) is 22.4. The molecule has 2 nitrogen and oxygen atoms in total. The molecule has 0 heterocycles. The molecule has 0 aliphatic carbocycles. The molecular weight excluding hydrogens is 448 g/mol. The lowest BCUT2D eigenvalue weighted by molar-refractivity contribution is -0.00263. The van der Waals surface area contributed by atoms with Gasteiger partial charge in [-0.15, -0.1) is 6.58 Å². The first-order valence-corrected chi connectivity index (χ1v) is 11.3. The van der Waals surface area contributed by atoms with Crippen LogP contribution >= 0.6 is 15.9 Å². The summed E-state index contributed by atoms with van der Waals surface area (Å²) in [5, 5.41) is 2.29. The molecule has 0 unspecified atom stereocenters. The van der Waals surface area contributed by atoms with E-state index in [1.165, 1.54) is 5.57 Å². The largest absolute Gasteiger partial charge is 0.453 e. The first-order valence-electron chi connectivity index (χ1n) is 10.5. The Labute approximate surface area is 193 Å². The van der Waals surface area contributed by atoms with Crippen LogP contribution in [0.1, 0.15) is 55.6 Å². The van der Waals surface area contributed by atoms with Crippen molar-refractivity contribution >= 4 is 32.7 Å². The van der Waals surface area contributed by atoms with E-state index in [2.05, 4.69) is 79.7 Å². The van der Waals surface area contributed by atoms with E-state index in [0.717, 1.165) is 33.7 Å². The fourth-order valence-corrected chi connectivity index (χ4v) is 3.99. The maximum atomic E-state index is 13.1. The molecule has 0 saturated heterocycles. The van der Waals surface area contributed by atoms with E-state index in [1.54, 1.807) is 12.1 Å². The molecule has 0 N–H and O–H groups in total. The van der Waals surface area contributed by atoms with Gasteiger partial charge in [-0.3, -0.25) is 0 Å². The average Bonchev–Trinajstić information content (AvgIpc) is 2.77. The Bertz CT molecular complexity index is 1090. The molecule has 0 spiro atoms. The summed E-state index contributed by atoms with van der Waals surface area (Å²) >= 11 is 3.42. The SMILES string of the molecule is C=C[C@](C)(CCC=C(C)C)[C@H](OC(=O)c1ccc(Br)cc1)c1ccc2ccccc2c1. The molecule has 3 heteroatoms. The van der Waals surface area contributed by atoms with E-state index in [9.17, 15) is 4.79 Å². The molecule has 0 bridgehead atoms. The summed E-state index contributed by atoms with van der Waals surface area (Å²) in [7, 11) is 0. The van der Waals surface area contributed by atoms with Gasteiger partial charge in [-0.25, -0.2) is 4.79 Å². The Balaban J connectivity index is 2.00. The second kappa shape index (κ2) is 10.1. The van der Waals surface area contributed by atoms with E-state index in [0.29, 0.717) is 5.56 Å². The quantitative estimate of drug-likeness (QED) is 0.240. The summed E-state index contributed by atoms with van der Waals surface area (Å²) in [5.41, 5.74) is 2.37. The molecule has 0 fully saturated rings. The number of hydrogen-bond acceptors (Lipinski definition) is 2. The van der Waals surface area contributed by atoms with E-state index in [-0.39, 0.29) is 5.97 Å². The van der Waals surface area contributed by atoms with Crippen molar-refractivity contribution in [1.29, 1.82) is 0 Å². The van der Waals surface area contributed by atoms with Gasteiger partial charge in [0.25, 0.3) is 0 Å². The van der Waals surface area contributed by atoms with Crippen LogP contribution in [0.5, 0.6) is 0 Å².